The molecule has 5 heteroatoms. The van der Waals surface area contributed by atoms with Crippen LogP contribution in [0.5, 0.6) is 0 Å². The van der Waals surface area contributed by atoms with E-state index in [0.29, 0.717) is 25.3 Å². The molecule has 0 spiro atoms. The Bertz CT molecular complexity index is 288. The molecular formula is C13H26N2O3. The summed E-state index contributed by atoms with van der Waals surface area (Å²) in [4.78, 5) is 22.5. The third kappa shape index (κ3) is 5.89. The average Bonchev–Trinajstić information content (AvgIpc) is 2.25. The predicted octanol–water partition coefficient (Wildman–Crippen LogP) is 2.22. The Morgan fingerprint density at radius 3 is 2.22 bits per heavy atom. The lowest BCUT2D eigenvalue weighted by Crippen LogP contribution is -2.48. The summed E-state index contributed by atoms with van der Waals surface area (Å²) in [6, 6.07) is -1.22. The second-order valence-corrected chi connectivity index (χ2v) is 5.65. The number of carbonyl (C=O) groups is 2. The van der Waals surface area contributed by atoms with E-state index < -0.39 is 18.0 Å². The fraction of sp³-hybridized carbons (Fsp3) is 0.846. The fourth-order valence-electron chi connectivity index (χ4n) is 1.27. The van der Waals surface area contributed by atoms with Gasteiger partial charge in [-0.2, -0.15) is 0 Å². The topological polar surface area (TPSA) is 78.4 Å². The lowest BCUT2D eigenvalue weighted by Gasteiger charge is -2.29. The number of carbonyl (C=O) groups excluding carboxylic acids is 1. The van der Waals surface area contributed by atoms with E-state index in [9.17, 15) is 9.59 Å². The Hall–Kier alpha value is -1.26. The maximum atomic E-state index is 11.6. The first-order valence-electron chi connectivity index (χ1n) is 6.48. The summed E-state index contributed by atoms with van der Waals surface area (Å²) in [5, 5.41) is 14.1. The Morgan fingerprint density at radius 2 is 1.83 bits per heavy atom. The minimum Gasteiger partial charge on any atom is -0.480 e. The highest BCUT2D eigenvalue weighted by Crippen LogP contribution is 2.24. The lowest BCUT2D eigenvalue weighted by atomic mass is 9.81. The maximum Gasteiger partial charge on any atom is 0.326 e. The van der Waals surface area contributed by atoms with Gasteiger partial charge in [0.25, 0.3) is 0 Å². The molecule has 1 atom stereocenters. The van der Waals surface area contributed by atoms with E-state index in [0.717, 1.165) is 0 Å². The van der Waals surface area contributed by atoms with Crippen LogP contribution in [0.4, 0.5) is 4.79 Å². The quantitative estimate of drug-likeness (QED) is 0.655. The molecule has 18 heavy (non-hydrogen) atoms. The smallest absolute Gasteiger partial charge is 0.326 e. The number of aliphatic carboxylic acids is 1. The number of urea groups is 1. The molecule has 2 amide bonds. The molecular weight excluding hydrogens is 232 g/mol. The van der Waals surface area contributed by atoms with E-state index in [2.05, 4.69) is 38.3 Å². The van der Waals surface area contributed by atoms with Gasteiger partial charge in [0.05, 0.1) is 0 Å². The maximum absolute atomic E-state index is 11.6. The van der Waals surface area contributed by atoms with Crippen molar-refractivity contribution in [3.8, 4) is 0 Å². The van der Waals surface area contributed by atoms with Crippen molar-refractivity contribution in [3.63, 3.8) is 0 Å². The number of carboxylic acid groups (broad SMARTS) is 1. The van der Waals surface area contributed by atoms with Gasteiger partial charge in [-0.25, -0.2) is 9.59 Å². The van der Waals surface area contributed by atoms with Crippen LogP contribution in [-0.2, 0) is 4.79 Å². The summed E-state index contributed by atoms with van der Waals surface area (Å²) in [5.41, 5.74) is -0.0131. The molecule has 0 rings (SSSR count). The standard InChI is InChI=1S/C13H26N2O3/c1-6-7-10(11(16)17)15-12(18)14-8-13(4,5)9(2)3/h9-10H,6-8H2,1-5H3,(H,16,17)(H2,14,15,18). The van der Waals surface area contributed by atoms with Crippen LogP contribution in [0.2, 0.25) is 0 Å². The van der Waals surface area contributed by atoms with Crippen molar-refractivity contribution in [2.75, 3.05) is 6.54 Å². The molecule has 0 radical (unpaired) electrons. The molecule has 0 aromatic heterocycles. The van der Waals surface area contributed by atoms with Gasteiger partial charge in [0.2, 0.25) is 0 Å². The molecule has 3 N–H and O–H groups in total. The van der Waals surface area contributed by atoms with Crippen molar-refractivity contribution in [2.45, 2.75) is 53.5 Å². The molecule has 1 unspecified atom stereocenters. The molecule has 0 saturated heterocycles. The van der Waals surface area contributed by atoms with E-state index in [1.54, 1.807) is 0 Å². The molecule has 5 nitrogen and oxygen atoms in total. The van der Waals surface area contributed by atoms with Crippen LogP contribution in [0.15, 0.2) is 0 Å². The van der Waals surface area contributed by atoms with E-state index in [1.165, 1.54) is 0 Å². The summed E-state index contributed by atoms with van der Waals surface area (Å²) >= 11 is 0. The van der Waals surface area contributed by atoms with E-state index >= 15 is 0 Å². The van der Waals surface area contributed by atoms with E-state index in [-0.39, 0.29) is 5.41 Å². The zero-order valence-corrected chi connectivity index (χ0v) is 12.0. The molecule has 0 aliphatic heterocycles. The third-order valence-electron chi connectivity index (χ3n) is 3.45. The Labute approximate surface area is 109 Å². The summed E-state index contributed by atoms with van der Waals surface area (Å²) in [5.74, 6) is -0.557. The van der Waals surface area contributed by atoms with Gasteiger partial charge >= 0.3 is 12.0 Å². The van der Waals surface area contributed by atoms with Crippen LogP contribution in [0, 0.1) is 11.3 Å². The molecule has 0 aromatic carbocycles. The summed E-state index contributed by atoms with van der Waals surface area (Å²) in [6.45, 7) is 10.7. The zero-order chi connectivity index (χ0) is 14.3. The summed E-state index contributed by atoms with van der Waals surface area (Å²) in [6.07, 6.45) is 1.16. The average molecular weight is 258 g/mol. The first kappa shape index (κ1) is 16.7. The molecule has 0 aliphatic carbocycles. The summed E-state index contributed by atoms with van der Waals surface area (Å²) in [7, 11) is 0. The number of rotatable bonds is 7. The van der Waals surface area contributed by atoms with Gasteiger partial charge in [-0.15, -0.1) is 0 Å². The van der Waals surface area contributed by atoms with Crippen LogP contribution in [-0.4, -0.2) is 29.7 Å². The van der Waals surface area contributed by atoms with Crippen molar-refractivity contribution in [2.24, 2.45) is 11.3 Å². The van der Waals surface area contributed by atoms with Gasteiger partial charge < -0.3 is 15.7 Å². The molecule has 0 fully saturated rings. The van der Waals surface area contributed by atoms with Crippen LogP contribution >= 0.6 is 0 Å². The molecule has 0 aromatic rings. The third-order valence-corrected chi connectivity index (χ3v) is 3.45. The molecule has 0 saturated carbocycles. The summed E-state index contributed by atoms with van der Waals surface area (Å²) < 4.78 is 0. The second kappa shape index (κ2) is 7.24. The predicted molar refractivity (Wildman–Crippen MR) is 71.5 cm³/mol. The normalized spacial score (nSPS) is 13.2. The Morgan fingerprint density at radius 1 is 1.28 bits per heavy atom. The van der Waals surface area contributed by atoms with Gasteiger partial charge in [-0.1, -0.05) is 41.0 Å². The minimum absolute atomic E-state index is 0.0131. The van der Waals surface area contributed by atoms with Crippen molar-refractivity contribution < 1.29 is 14.7 Å². The molecule has 0 aliphatic rings. The van der Waals surface area contributed by atoms with Crippen molar-refractivity contribution in [1.82, 2.24) is 10.6 Å². The van der Waals surface area contributed by atoms with Gasteiger partial charge in [-0.05, 0) is 17.8 Å². The Balaban J connectivity index is 4.22. The molecule has 0 heterocycles. The first-order chi connectivity index (χ1) is 8.20. The fourth-order valence-corrected chi connectivity index (χ4v) is 1.27. The SMILES string of the molecule is CCCC(NC(=O)NCC(C)(C)C(C)C)C(=O)O. The highest BCUT2D eigenvalue weighted by Gasteiger charge is 2.24. The number of hydrogen-bond acceptors (Lipinski definition) is 2. The number of nitrogens with one attached hydrogen (secondary N) is 2. The number of amides is 2. The second-order valence-electron chi connectivity index (χ2n) is 5.65. The van der Waals surface area contributed by atoms with Crippen LogP contribution in [0.25, 0.3) is 0 Å². The van der Waals surface area contributed by atoms with Crippen molar-refractivity contribution in [1.29, 1.82) is 0 Å². The van der Waals surface area contributed by atoms with Crippen LogP contribution in [0.3, 0.4) is 0 Å². The first-order valence-corrected chi connectivity index (χ1v) is 6.48. The van der Waals surface area contributed by atoms with Gasteiger partial charge in [0, 0.05) is 6.54 Å². The van der Waals surface area contributed by atoms with Gasteiger partial charge in [0.15, 0.2) is 0 Å². The molecule has 106 valence electrons. The van der Waals surface area contributed by atoms with Crippen LogP contribution in [0.1, 0.15) is 47.5 Å². The van der Waals surface area contributed by atoms with E-state index in [4.69, 9.17) is 5.11 Å². The highest BCUT2D eigenvalue weighted by atomic mass is 16.4. The highest BCUT2D eigenvalue weighted by molar-refractivity contribution is 5.82. The molecule has 0 bridgehead atoms. The van der Waals surface area contributed by atoms with Crippen molar-refractivity contribution >= 4 is 12.0 Å². The van der Waals surface area contributed by atoms with Gasteiger partial charge in [-0.3, -0.25) is 0 Å². The largest absolute Gasteiger partial charge is 0.480 e. The van der Waals surface area contributed by atoms with Gasteiger partial charge in [0.1, 0.15) is 6.04 Å². The number of hydrogen-bond donors (Lipinski definition) is 3. The van der Waals surface area contributed by atoms with Crippen molar-refractivity contribution in [3.05, 3.63) is 0 Å². The number of carboxylic acids is 1. The minimum atomic E-state index is -0.991. The van der Waals surface area contributed by atoms with E-state index in [1.807, 2.05) is 6.92 Å². The Kier molecular flexibility index (Phi) is 6.73. The lowest BCUT2D eigenvalue weighted by molar-refractivity contribution is -0.139. The van der Waals surface area contributed by atoms with Crippen LogP contribution < -0.4 is 10.6 Å². The monoisotopic (exact) mass is 258 g/mol. The zero-order valence-electron chi connectivity index (χ0n) is 12.0.